The topological polar surface area (TPSA) is 447 Å². The molecule has 0 rings (SSSR count). The van der Waals surface area contributed by atoms with Crippen LogP contribution in [0.4, 0.5) is 0 Å². The Morgan fingerprint density at radius 1 is 0.541 bits per heavy atom. The first-order chi connectivity index (χ1) is 28.6. The molecule has 0 aliphatic rings. The Labute approximate surface area is 357 Å². The predicted octanol–water partition coefficient (Wildman–Crippen LogP) is -4.76. The van der Waals surface area contributed by atoms with Gasteiger partial charge < -0.3 is 76.5 Å². The third kappa shape index (κ3) is 25.7. The molecule has 61 heavy (non-hydrogen) atoms. The van der Waals surface area contributed by atoms with Crippen LogP contribution in [0.5, 0.6) is 0 Å². The number of carboxylic acid groups (broad SMARTS) is 2. The summed E-state index contributed by atoms with van der Waals surface area (Å²) in [5, 5.41) is 33.9. The fraction of sp³-hybridized carbons (Fsp3) is 0.629. The molecule has 0 fully saturated rings. The highest BCUT2D eigenvalue weighted by Crippen LogP contribution is 2.12. The van der Waals surface area contributed by atoms with E-state index in [1.165, 1.54) is 18.7 Å². The van der Waals surface area contributed by atoms with E-state index in [2.05, 4.69) is 48.5 Å². The Morgan fingerprint density at radius 2 is 0.918 bits per heavy atom. The Balaban J connectivity index is 6.52. The number of carboxylic acids is 2. The van der Waals surface area contributed by atoms with Crippen molar-refractivity contribution in [1.82, 2.24) is 31.9 Å². The molecule has 0 aliphatic carbocycles. The van der Waals surface area contributed by atoms with E-state index in [9.17, 15) is 48.3 Å². The van der Waals surface area contributed by atoms with Crippen molar-refractivity contribution in [3.63, 3.8) is 0 Å². The first kappa shape index (κ1) is 54.7. The Hall–Kier alpha value is -6.34. The van der Waals surface area contributed by atoms with Crippen LogP contribution in [0, 0.1) is 0 Å². The van der Waals surface area contributed by atoms with Gasteiger partial charge in [-0.2, -0.15) is 11.8 Å². The second-order valence-corrected chi connectivity index (χ2v) is 14.7. The third-order valence-corrected chi connectivity index (χ3v) is 9.15. The summed E-state index contributed by atoms with van der Waals surface area (Å²) in [7, 11) is 0. The number of carbonyl (C=O) groups excluding carboxylic acids is 7. The van der Waals surface area contributed by atoms with Gasteiger partial charge in [0.05, 0.1) is 6.04 Å². The average Bonchev–Trinajstić information content (AvgIpc) is 3.16. The molecule has 0 aromatic carbocycles. The van der Waals surface area contributed by atoms with Crippen molar-refractivity contribution in [3.05, 3.63) is 12.3 Å². The van der Waals surface area contributed by atoms with Gasteiger partial charge in [0.1, 0.15) is 30.2 Å². The van der Waals surface area contributed by atoms with Crippen molar-refractivity contribution in [1.29, 1.82) is 0 Å². The minimum Gasteiger partial charge on any atom is -0.481 e. The first-order valence-electron chi connectivity index (χ1n) is 19.1. The van der Waals surface area contributed by atoms with Crippen molar-refractivity contribution in [3.8, 4) is 0 Å². The smallest absolute Gasteiger partial charge is 0.303 e. The number of nitrogens with two attached hydrogens (primary N) is 6. The molecule has 0 bridgehead atoms. The summed E-state index contributed by atoms with van der Waals surface area (Å²) < 4.78 is 0. The lowest BCUT2D eigenvalue weighted by Crippen LogP contribution is -2.59. The highest BCUT2D eigenvalue weighted by molar-refractivity contribution is 7.98. The molecule has 344 valence electrons. The van der Waals surface area contributed by atoms with E-state index in [0.717, 1.165) is 0 Å². The lowest BCUT2D eigenvalue weighted by molar-refractivity contribution is -0.138. The minimum absolute atomic E-state index is 0.000253. The molecule has 25 nitrogen and oxygen atoms in total. The molecule has 26 heteroatoms. The molecule has 6 atom stereocenters. The maximum absolute atomic E-state index is 13.9. The van der Waals surface area contributed by atoms with E-state index in [4.69, 9.17) is 39.5 Å². The van der Waals surface area contributed by atoms with Crippen LogP contribution >= 0.6 is 11.8 Å². The van der Waals surface area contributed by atoms with Crippen molar-refractivity contribution < 1.29 is 53.4 Å². The lowest BCUT2D eigenvalue weighted by Gasteiger charge is -2.28. The number of amides is 7. The number of rotatable bonds is 33. The zero-order chi connectivity index (χ0) is 46.7. The number of hydrogen-bond donors (Lipinski definition) is 14. The fourth-order valence-corrected chi connectivity index (χ4v) is 5.89. The standard InChI is InChI=1S/C35H62N14O11S/c1-18(20(45-19(2)50)9-12-27(52)53)44-23(10-13-28(54)55)31(58)49-25(14-17-61-3)33(60)48-24(8-11-26(36)51)32(59)47-22(7-5-16-43-35(40)41)30(57)46-21(29(37)56)6-4-15-42-34(38)39/h20-25,44H,1,4-17H2,2-3H3,(H2,36,51)(H2,37,56)(H,45,50)(H,46,57)(H,47,59)(H,48,60)(H,49,58)(H,52,53)(H,54,55)(H4,38,39,42)(H4,40,41,43)/t20-,21-,22-,23-,24-,25-/m0/s1. The zero-order valence-corrected chi connectivity index (χ0v) is 35.2. The highest BCUT2D eigenvalue weighted by atomic mass is 32.2. The molecule has 0 aromatic heterocycles. The van der Waals surface area contributed by atoms with Crippen molar-refractivity contribution >= 4 is 77.0 Å². The van der Waals surface area contributed by atoms with Gasteiger partial charge in [0.25, 0.3) is 0 Å². The van der Waals surface area contributed by atoms with Gasteiger partial charge in [0.2, 0.25) is 41.4 Å². The summed E-state index contributed by atoms with van der Waals surface area (Å²) in [6, 6.07) is -7.73. The summed E-state index contributed by atoms with van der Waals surface area (Å²) >= 11 is 1.31. The Bertz CT molecular complexity index is 1610. The van der Waals surface area contributed by atoms with E-state index in [1.54, 1.807) is 6.26 Å². The van der Waals surface area contributed by atoms with Gasteiger partial charge >= 0.3 is 11.9 Å². The minimum atomic E-state index is -1.51. The molecule has 0 saturated carbocycles. The summed E-state index contributed by atoms with van der Waals surface area (Å²) in [4.78, 5) is 121. The average molecular weight is 887 g/mol. The van der Waals surface area contributed by atoms with Gasteiger partial charge in [-0.15, -0.1) is 0 Å². The highest BCUT2D eigenvalue weighted by Gasteiger charge is 2.33. The van der Waals surface area contributed by atoms with E-state index in [-0.39, 0.29) is 88.5 Å². The number of nitrogens with one attached hydrogen (secondary N) is 6. The second kappa shape index (κ2) is 29.8. The molecule has 0 saturated heterocycles. The van der Waals surface area contributed by atoms with Gasteiger partial charge in [-0.25, -0.2) is 0 Å². The molecule has 0 radical (unpaired) electrons. The molecule has 0 aromatic rings. The quantitative estimate of drug-likeness (QED) is 0.0167. The van der Waals surface area contributed by atoms with Crippen LogP contribution in [0.15, 0.2) is 22.3 Å². The zero-order valence-electron chi connectivity index (χ0n) is 34.4. The van der Waals surface area contributed by atoms with Crippen molar-refractivity contribution in [2.24, 2.45) is 44.4 Å². The van der Waals surface area contributed by atoms with E-state index >= 15 is 0 Å². The van der Waals surface area contributed by atoms with Crippen LogP contribution in [-0.2, 0) is 43.2 Å². The lowest BCUT2D eigenvalue weighted by atomic mass is 10.0. The number of primary amides is 2. The molecule has 0 unspecified atom stereocenters. The van der Waals surface area contributed by atoms with Crippen molar-refractivity contribution in [2.45, 2.75) is 114 Å². The van der Waals surface area contributed by atoms with Crippen molar-refractivity contribution in [2.75, 3.05) is 25.1 Å². The molecule has 7 amide bonds. The number of carbonyl (C=O) groups is 9. The van der Waals surface area contributed by atoms with E-state index in [0.29, 0.717) is 5.75 Å². The third-order valence-electron chi connectivity index (χ3n) is 8.51. The summed E-state index contributed by atoms with van der Waals surface area (Å²) in [5.74, 6) is -8.32. The second-order valence-electron chi connectivity index (χ2n) is 13.7. The van der Waals surface area contributed by atoms with Gasteiger partial charge in [-0.3, -0.25) is 53.1 Å². The van der Waals surface area contributed by atoms with Crippen LogP contribution < -0.4 is 66.3 Å². The fourth-order valence-electron chi connectivity index (χ4n) is 5.42. The van der Waals surface area contributed by atoms with Crippen LogP contribution in [0.3, 0.4) is 0 Å². The summed E-state index contributed by atoms with van der Waals surface area (Å²) in [5.41, 5.74) is 32.3. The molecular formula is C35H62N14O11S. The maximum atomic E-state index is 13.9. The van der Waals surface area contributed by atoms with Crippen LogP contribution in [0.1, 0.15) is 77.6 Å². The van der Waals surface area contributed by atoms with Gasteiger partial charge in [0.15, 0.2) is 11.9 Å². The molecule has 0 aliphatic heterocycles. The number of aliphatic imine (C=N–C) groups is 2. The number of thioether (sulfide) groups is 1. The van der Waals surface area contributed by atoms with Gasteiger partial charge in [-0.05, 0) is 63.4 Å². The van der Waals surface area contributed by atoms with Crippen LogP contribution in [-0.4, -0.2) is 137 Å². The summed E-state index contributed by atoms with van der Waals surface area (Å²) in [6.45, 7) is 5.17. The summed E-state index contributed by atoms with van der Waals surface area (Å²) in [6.07, 6.45) is -0.0126. The van der Waals surface area contributed by atoms with E-state index < -0.39 is 102 Å². The number of guanidine groups is 2. The monoisotopic (exact) mass is 886 g/mol. The molecular weight excluding hydrogens is 825 g/mol. The van der Waals surface area contributed by atoms with E-state index in [1.807, 2.05) is 0 Å². The van der Waals surface area contributed by atoms with Gasteiger partial charge in [0, 0.05) is 45.0 Å². The normalized spacial score (nSPS) is 13.5. The van der Waals surface area contributed by atoms with Gasteiger partial charge in [-0.1, -0.05) is 6.58 Å². The molecule has 0 heterocycles. The van der Waals surface area contributed by atoms with Crippen LogP contribution in [0.2, 0.25) is 0 Å². The SMILES string of the molecule is C=C(N[C@@H](CCC(=O)O)C(=O)N[C@@H](CCSC)C(=O)N[C@@H](CCC(N)=O)C(=O)N[C@@H](CCCN=C(N)N)C(=O)N[C@@H](CCCN=C(N)N)C(N)=O)[C@H](CCC(=O)O)NC(C)=O. The van der Waals surface area contributed by atoms with Crippen LogP contribution in [0.25, 0.3) is 0 Å². The number of hydrogen-bond acceptors (Lipinski definition) is 13. The Kier molecular flexibility index (Phi) is 26.7. The maximum Gasteiger partial charge on any atom is 0.303 e. The number of aliphatic carboxylic acids is 2. The molecule has 0 spiro atoms. The molecule has 20 N–H and O–H groups in total. The first-order valence-corrected chi connectivity index (χ1v) is 20.5. The Morgan fingerprint density at radius 3 is 1.31 bits per heavy atom. The largest absolute Gasteiger partial charge is 0.481 e. The predicted molar refractivity (Wildman–Crippen MR) is 226 cm³/mol. The number of nitrogens with zero attached hydrogens (tertiary/aromatic N) is 2.